The van der Waals surface area contributed by atoms with Crippen molar-refractivity contribution in [3.05, 3.63) is 39.4 Å². The van der Waals surface area contributed by atoms with Crippen molar-refractivity contribution >= 4 is 27.7 Å². The van der Waals surface area contributed by atoms with Gasteiger partial charge in [-0.25, -0.2) is 0 Å². The predicted molar refractivity (Wildman–Crippen MR) is 72.7 cm³/mol. The Hall–Kier alpha value is -1.62. The van der Waals surface area contributed by atoms with E-state index in [1.54, 1.807) is 6.92 Å². The fourth-order valence-corrected chi connectivity index (χ4v) is 2.97. The highest BCUT2D eigenvalue weighted by Crippen LogP contribution is 2.34. The molecule has 5 heteroatoms. The summed E-state index contributed by atoms with van der Waals surface area (Å²) in [4.78, 5) is 24.9. The molecule has 3 rings (SSSR count). The number of nitrogens with zero attached hydrogens (tertiary/aromatic N) is 1. The summed E-state index contributed by atoms with van der Waals surface area (Å²) in [5.41, 5.74) is 2.47. The molecule has 0 unspecified atom stereocenters. The van der Waals surface area contributed by atoms with E-state index in [9.17, 15) is 9.59 Å². The predicted octanol–water partition coefficient (Wildman–Crippen LogP) is 2.20. The highest BCUT2D eigenvalue weighted by molar-refractivity contribution is 9.10. The summed E-state index contributed by atoms with van der Waals surface area (Å²) in [5, 5.41) is 0. The average molecular weight is 322 g/mol. The van der Waals surface area contributed by atoms with Crippen molar-refractivity contribution in [1.29, 1.82) is 0 Å². The molecule has 0 spiro atoms. The SMILES string of the molecule is CC1=CC(=O)N(Cc2cc(Br)cc3c2OCC3)C1=O. The first-order chi connectivity index (χ1) is 9.06. The second kappa shape index (κ2) is 4.49. The number of ether oxygens (including phenoxy) is 1. The zero-order valence-electron chi connectivity index (χ0n) is 10.4. The van der Waals surface area contributed by atoms with Crippen molar-refractivity contribution in [2.75, 3.05) is 6.61 Å². The van der Waals surface area contributed by atoms with Gasteiger partial charge in [-0.2, -0.15) is 0 Å². The Morgan fingerprint density at radius 1 is 1.37 bits per heavy atom. The van der Waals surface area contributed by atoms with Crippen LogP contribution in [-0.4, -0.2) is 23.3 Å². The Morgan fingerprint density at radius 2 is 2.16 bits per heavy atom. The number of halogens is 1. The third-order valence-electron chi connectivity index (χ3n) is 3.34. The maximum Gasteiger partial charge on any atom is 0.256 e. The lowest BCUT2D eigenvalue weighted by atomic mass is 10.1. The summed E-state index contributed by atoms with van der Waals surface area (Å²) in [5.74, 6) is 0.333. The largest absolute Gasteiger partial charge is 0.493 e. The van der Waals surface area contributed by atoms with Crippen LogP contribution in [0.15, 0.2) is 28.3 Å². The number of rotatable bonds is 2. The van der Waals surface area contributed by atoms with Crippen LogP contribution in [0, 0.1) is 0 Å². The number of carbonyl (C=O) groups excluding carboxylic acids is 2. The minimum absolute atomic E-state index is 0.225. The van der Waals surface area contributed by atoms with E-state index in [-0.39, 0.29) is 18.4 Å². The summed E-state index contributed by atoms with van der Waals surface area (Å²) in [6.45, 7) is 2.56. The molecule has 1 aromatic carbocycles. The summed E-state index contributed by atoms with van der Waals surface area (Å²) in [7, 11) is 0. The fraction of sp³-hybridized carbons (Fsp3) is 0.286. The van der Waals surface area contributed by atoms with Crippen molar-refractivity contribution in [2.45, 2.75) is 19.9 Å². The van der Waals surface area contributed by atoms with E-state index < -0.39 is 0 Å². The van der Waals surface area contributed by atoms with Crippen LogP contribution in [0.5, 0.6) is 5.75 Å². The molecule has 1 aromatic rings. The molecule has 2 heterocycles. The van der Waals surface area contributed by atoms with Crippen molar-refractivity contribution < 1.29 is 14.3 Å². The van der Waals surface area contributed by atoms with Gasteiger partial charge in [0, 0.05) is 28.1 Å². The lowest BCUT2D eigenvalue weighted by Crippen LogP contribution is -2.30. The van der Waals surface area contributed by atoms with Gasteiger partial charge < -0.3 is 4.74 Å². The molecule has 2 aliphatic rings. The molecule has 0 bridgehead atoms. The summed E-state index contributed by atoms with van der Waals surface area (Å²) < 4.78 is 6.55. The average Bonchev–Trinajstić information content (AvgIpc) is 2.90. The lowest BCUT2D eigenvalue weighted by Gasteiger charge is -2.17. The van der Waals surface area contributed by atoms with Gasteiger partial charge in [0.2, 0.25) is 0 Å². The van der Waals surface area contributed by atoms with E-state index in [1.165, 1.54) is 11.0 Å². The molecule has 0 N–H and O–H groups in total. The minimum atomic E-state index is -0.255. The first kappa shape index (κ1) is 12.4. The number of imide groups is 1. The van der Waals surface area contributed by atoms with Gasteiger partial charge in [0.1, 0.15) is 5.75 Å². The molecule has 98 valence electrons. The number of hydrogen-bond donors (Lipinski definition) is 0. The van der Waals surface area contributed by atoms with Crippen LogP contribution in [0.3, 0.4) is 0 Å². The summed E-state index contributed by atoms with van der Waals surface area (Å²) in [6, 6.07) is 3.92. The fourth-order valence-electron chi connectivity index (χ4n) is 2.42. The standard InChI is InChI=1S/C14H12BrNO3/c1-8-4-12(17)16(14(8)18)7-10-6-11(15)5-9-2-3-19-13(9)10/h4-6H,2-3,7H2,1H3. The number of fused-ring (bicyclic) bond motifs is 1. The number of benzene rings is 1. The first-order valence-electron chi connectivity index (χ1n) is 6.04. The van der Waals surface area contributed by atoms with Gasteiger partial charge in [-0.05, 0) is 24.6 Å². The molecule has 4 nitrogen and oxygen atoms in total. The van der Waals surface area contributed by atoms with Crippen LogP contribution in [0.4, 0.5) is 0 Å². The summed E-state index contributed by atoms with van der Waals surface area (Å²) in [6.07, 6.45) is 2.24. The van der Waals surface area contributed by atoms with Crippen LogP contribution < -0.4 is 4.74 Å². The molecule has 0 saturated heterocycles. The molecule has 0 aliphatic carbocycles. The topological polar surface area (TPSA) is 46.6 Å². The van der Waals surface area contributed by atoms with Crippen LogP contribution >= 0.6 is 15.9 Å². The molecule has 0 saturated carbocycles. The Morgan fingerprint density at radius 3 is 2.84 bits per heavy atom. The molecule has 0 atom stereocenters. The Balaban J connectivity index is 1.93. The van der Waals surface area contributed by atoms with E-state index in [0.717, 1.165) is 27.8 Å². The maximum absolute atomic E-state index is 11.9. The second-order valence-corrected chi connectivity index (χ2v) is 5.62. The van der Waals surface area contributed by atoms with E-state index in [2.05, 4.69) is 15.9 Å². The zero-order valence-corrected chi connectivity index (χ0v) is 12.0. The van der Waals surface area contributed by atoms with Crippen molar-refractivity contribution in [3.63, 3.8) is 0 Å². The number of amides is 2. The van der Waals surface area contributed by atoms with Crippen molar-refractivity contribution in [2.24, 2.45) is 0 Å². The minimum Gasteiger partial charge on any atom is -0.493 e. The van der Waals surface area contributed by atoms with Gasteiger partial charge >= 0.3 is 0 Å². The molecule has 0 aromatic heterocycles. The normalized spacial score (nSPS) is 17.6. The molecule has 0 radical (unpaired) electrons. The highest BCUT2D eigenvalue weighted by Gasteiger charge is 2.30. The Labute approximate surface area is 119 Å². The van der Waals surface area contributed by atoms with E-state index in [1.807, 2.05) is 12.1 Å². The van der Waals surface area contributed by atoms with Crippen LogP contribution in [0.1, 0.15) is 18.1 Å². The van der Waals surface area contributed by atoms with E-state index in [4.69, 9.17) is 4.74 Å². The monoisotopic (exact) mass is 321 g/mol. The quantitative estimate of drug-likeness (QED) is 0.784. The van der Waals surface area contributed by atoms with E-state index in [0.29, 0.717) is 12.2 Å². The van der Waals surface area contributed by atoms with Gasteiger partial charge in [0.05, 0.1) is 13.2 Å². The Bertz CT molecular complexity index is 621. The molecular formula is C14H12BrNO3. The first-order valence-corrected chi connectivity index (χ1v) is 6.84. The third kappa shape index (κ3) is 2.08. The number of carbonyl (C=O) groups is 2. The van der Waals surface area contributed by atoms with Gasteiger partial charge in [0.15, 0.2) is 0 Å². The molecule has 2 amide bonds. The van der Waals surface area contributed by atoms with Crippen LogP contribution in [0.2, 0.25) is 0 Å². The van der Waals surface area contributed by atoms with Crippen molar-refractivity contribution in [1.82, 2.24) is 4.90 Å². The smallest absolute Gasteiger partial charge is 0.256 e. The lowest BCUT2D eigenvalue weighted by molar-refractivity contribution is -0.137. The van der Waals surface area contributed by atoms with Crippen molar-refractivity contribution in [3.8, 4) is 5.75 Å². The van der Waals surface area contributed by atoms with Gasteiger partial charge in [-0.1, -0.05) is 15.9 Å². The maximum atomic E-state index is 11.9. The Kier molecular flexibility index (Phi) is 2.93. The molecule has 19 heavy (non-hydrogen) atoms. The zero-order chi connectivity index (χ0) is 13.6. The van der Waals surface area contributed by atoms with E-state index >= 15 is 0 Å². The number of hydrogen-bond acceptors (Lipinski definition) is 3. The summed E-state index contributed by atoms with van der Waals surface area (Å²) >= 11 is 3.45. The highest BCUT2D eigenvalue weighted by atomic mass is 79.9. The molecule has 0 fully saturated rings. The van der Waals surface area contributed by atoms with Crippen LogP contribution in [-0.2, 0) is 22.6 Å². The third-order valence-corrected chi connectivity index (χ3v) is 3.80. The molecule has 2 aliphatic heterocycles. The molecular weight excluding hydrogens is 310 g/mol. The van der Waals surface area contributed by atoms with Gasteiger partial charge in [-0.3, -0.25) is 14.5 Å². The van der Waals surface area contributed by atoms with Gasteiger partial charge in [-0.15, -0.1) is 0 Å². The van der Waals surface area contributed by atoms with Crippen LogP contribution in [0.25, 0.3) is 0 Å². The van der Waals surface area contributed by atoms with Gasteiger partial charge in [0.25, 0.3) is 11.8 Å². The second-order valence-electron chi connectivity index (χ2n) is 4.71.